The Morgan fingerprint density at radius 1 is 1.18 bits per heavy atom. The number of likely N-dealkylation sites (N-methyl/N-ethyl adjacent to an activating group) is 1. The van der Waals surface area contributed by atoms with Crippen molar-refractivity contribution in [2.45, 2.75) is 38.4 Å². The second-order valence-electron chi connectivity index (χ2n) is 8.33. The fourth-order valence-electron chi connectivity index (χ4n) is 4.09. The zero-order valence-corrected chi connectivity index (χ0v) is 19.0. The molecule has 1 saturated heterocycles. The minimum atomic E-state index is -0.448. The molecule has 1 fully saturated rings. The summed E-state index contributed by atoms with van der Waals surface area (Å²) in [6.45, 7) is 3.80. The number of oxazole rings is 1. The smallest absolute Gasteiger partial charge is 0.419 e. The highest BCUT2D eigenvalue weighted by Gasteiger charge is 2.18. The Balaban J connectivity index is 1.21. The summed E-state index contributed by atoms with van der Waals surface area (Å²) in [5, 5.41) is 2.91. The van der Waals surface area contributed by atoms with Gasteiger partial charge in [-0.25, -0.2) is 4.79 Å². The third-order valence-corrected chi connectivity index (χ3v) is 6.05. The number of carbonyl (C=O) groups excluding carboxylic acids is 1. The summed E-state index contributed by atoms with van der Waals surface area (Å²) in [4.78, 5) is 26.7. The maximum atomic E-state index is 12.3. The van der Waals surface area contributed by atoms with Gasteiger partial charge in [-0.2, -0.15) is 0 Å². The molecule has 176 valence electrons. The fraction of sp³-hybridized carbons (Fsp3) is 0.440. The Kier molecular flexibility index (Phi) is 7.80. The lowest BCUT2D eigenvalue weighted by Crippen LogP contribution is -2.38. The molecule has 8 nitrogen and oxygen atoms in total. The summed E-state index contributed by atoms with van der Waals surface area (Å²) < 4.78 is 18.1. The summed E-state index contributed by atoms with van der Waals surface area (Å²) in [7, 11) is 2.13. The van der Waals surface area contributed by atoms with Gasteiger partial charge in [-0.3, -0.25) is 14.3 Å². The van der Waals surface area contributed by atoms with Crippen LogP contribution in [0.4, 0.5) is 0 Å². The van der Waals surface area contributed by atoms with Crippen molar-refractivity contribution in [1.29, 1.82) is 0 Å². The van der Waals surface area contributed by atoms with E-state index in [1.165, 1.54) is 4.57 Å². The number of aromatic nitrogens is 1. The van der Waals surface area contributed by atoms with Gasteiger partial charge in [0.1, 0.15) is 12.4 Å². The molecule has 1 aliphatic heterocycles. The molecule has 0 radical (unpaired) electrons. The quantitative estimate of drug-likeness (QED) is 0.508. The van der Waals surface area contributed by atoms with Crippen LogP contribution in [0.25, 0.3) is 11.1 Å². The van der Waals surface area contributed by atoms with Gasteiger partial charge >= 0.3 is 5.76 Å². The minimum Gasteiger partial charge on any atom is -0.492 e. The van der Waals surface area contributed by atoms with Crippen LogP contribution in [0.15, 0.2) is 57.7 Å². The largest absolute Gasteiger partial charge is 0.492 e. The Bertz CT molecular complexity index is 1120. The van der Waals surface area contributed by atoms with Gasteiger partial charge in [0, 0.05) is 45.3 Å². The molecule has 8 heteroatoms. The number of hydrogen-bond acceptors (Lipinski definition) is 6. The van der Waals surface area contributed by atoms with Crippen LogP contribution in [0.1, 0.15) is 24.8 Å². The molecule has 4 rings (SSSR count). The van der Waals surface area contributed by atoms with Crippen molar-refractivity contribution in [2.24, 2.45) is 0 Å². The zero-order valence-electron chi connectivity index (χ0n) is 19.0. The van der Waals surface area contributed by atoms with Crippen LogP contribution < -0.4 is 15.8 Å². The van der Waals surface area contributed by atoms with Gasteiger partial charge in [-0.15, -0.1) is 0 Å². The molecular weight excluding hydrogens is 422 g/mol. The molecule has 2 heterocycles. The molecule has 1 aliphatic rings. The number of para-hydroxylation sites is 2. The number of nitrogens with zero attached hydrogens (tertiary/aromatic N) is 2. The average molecular weight is 454 g/mol. The topological polar surface area (TPSA) is 85.9 Å². The standard InChI is InChI=1S/C25H31N3O5/c1-27(20-10-14-31-15-11-20)13-16-32-21-6-4-5-19(17-21)18-26-24(29)9-12-28-22-7-2-3-8-23(22)33-25(28)30/h2-8,17,20H,9-16,18H2,1H3,(H,26,29). The predicted molar refractivity (Wildman–Crippen MR) is 125 cm³/mol. The second-order valence-corrected chi connectivity index (χ2v) is 8.33. The maximum Gasteiger partial charge on any atom is 0.419 e. The summed E-state index contributed by atoms with van der Waals surface area (Å²) in [5.41, 5.74) is 2.19. The lowest BCUT2D eigenvalue weighted by molar-refractivity contribution is -0.121. The average Bonchev–Trinajstić information content (AvgIpc) is 3.17. The van der Waals surface area contributed by atoms with Gasteiger partial charge in [0.05, 0.1) is 5.52 Å². The van der Waals surface area contributed by atoms with Crippen molar-refractivity contribution in [3.8, 4) is 5.75 Å². The van der Waals surface area contributed by atoms with E-state index < -0.39 is 5.76 Å². The number of fused-ring (bicyclic) bond motifs is 1. The van der Waals surface area contributed by atoms with Crippen LogP contribution in [-0.2, 0) is 22.6 Å². The third kappa shape index (κ3) is 6.24. The highest BCUT2D eigenvalue weighted by atomic mass is 16.5. The van der Waals surface area contributed by atoms with E-state index in [0.29, 0.717) is 30.3 Å². The first-order valence-electron chi connectivity index (χ1n) is 11.4. The molecule has 0 bridgehead atoms. The van der Waals surface area contributed by atoms with E-state index in [2.05, 4.69) is 17.3 Å². The van der Waals surface area contributed by atoms with Gasteiger partial charge in [0.2, 0.25) is 5.91 Å². The molecule has 33 heavy (non-hydrogen) atoms. The van der Waals surface area contributed by atoms with Gasteiger partial charge in [0.15, 0.2) is 5.58 Å². The minimum absolute atomic E-state index is 0.128. The molecule has 0 unspecified atom stereocenters. The summed E-state index contributed by atoms with van der Waals surface area (Å²) in [6.07, 6.45) is 2.33. The lowest BCUT2D eigenvalue weighted by Gasteiger charge is -2.31. The van der Waals surface area contributed by atoms with Crippen LogP contribution in [0.5, 0.6) is 5.75 Å². The molecule has 1 N–H and O–H groups in total. The fourth-order valence-corrected chi connectivity index (χ4v) is 4.09. The van der Waals surface area contributed by atoms with Gasteiger partial charge in [-0.1, -0.05) is 24.3 Å². The monoisotopic (exact) mass is 453 g/mol. The summed E-state index contributed by atoms with van der Waals surface area (Å²) >= 11 is 0. The van der Waals surface area contributed by atoms with E-state index in [1.54, 1.807) is 6.07 Å². The first-order chi connectivity index (χ1) is 16.1. The van der Waals surface area contributed by atoms with E-state index in [1.807, 2.05) is 42.5 Å². The Morgan fingerprint density at radius 2 is 2.00 bits per heavy atom. The number of carbonyl (C=O) groups is 1. The van der Waals surface area contributed by atoms with Crippen molar-refractivity contribution in [2.75, 3.05) is 33.4 Å². The molecule has 3 aromatic rings. The second kappa shape index (κ2) is 11.2. The molecule has 0 saturated carbocycles. The predicted octanol–water partition coefficient (Wildman–Crippen LogP) is 2.79. The molecule has 2 aromatic carbocycles. The molecule has 0 aliphatic carbocycles. The van der Waals surface area contributed by atoms with Crippen LogP contribution in [-0.4, -0.2) is 54.8 Å². The maximum absolute atomic E-state index is 12.3. The third-order valence-electron chi connectivity index (χ3n) is 6.05. The zero-order chi connectivity index (χ0) is 23.0. The lowest BCUT2D eigenvalue weighted by atomic mass is 10.1. The first kappa shape index (κ1) is 23.1. The number of rotatable bonds is 10. The SMILES string of the molecule is CN(CCOc1cccc(CNC(=O)CCn2c(=O)oc3ccccc32)c1)C1CCOCC1. The Hall–Kier alpha value is -3.10. The van der Waals surface area contributed by atoms with Gasteiger partial charge < -0.3 is 19.2 Å². The van der Waals surface area contributed by atoms with Crippen molar-refractivity contribution in [3.63, 3.8) is 0 Å². The van der Waals surface area contributed by atoms with E-state index >= 15 is 0 Å². The van der Waals surface area contributed by atoms with Crippen LogP contribution in [0, 0.1) is 0 Å². The Labute approximate surface area is 193 Å². The van der Waals surface area contributed by atoms with Gasteiger partial charge in [0.25, 0.3) is 0 Å². The van der Waals surface area contributed by atoms with Crippen LogP contribution in [0.2, 0.25) is 0 Å². The van der Waals surface area contributed by atoms with E-state index in [-0.39, 0.29) is 18.9 Å². The number of hydrogen-bond donors (Lipinski definition) is 1. The first-order valence-corrected chi connectivity index (χ1v) is 11.4. The number of nitrogens with one attached hydrogen (secondary N) is 1. The molecule has 0 spiro atoms. The van der Waals surface area contributed by atoms with E-state index in [9.17, 15) is 9.59 Å². The summed E-state index contributed by atoms with van der Waals surface area (Å²) in [5.74, 6) is 0.214. The molecule has 0 atom stereocenters. The summed E-state index contributed by atoms with van der Waals surface area (Å²) in [6, 6.07) is 15.5. The molecular formula is C25H31N3O5. The van der Waals surface area contributed by atoms with Crippen molar-refractivity contribution >= 4 is 17.0 Å². The highest BCUT2D eigenvalue weighted by Crippen LogP contribution is 2.16. The van der Waals surface area contributed by atoms with Crippen LogP contribution >= 0.6 is 0 Å². The molecule has 1 amide bonds. The van der Waals surface area contributed by atoms with Gasteiger partial charge in [-0.05, 0) is 49.7 Å². The highest BCUT2D eigenvalue weighted by molar-refractivity contribution is 5.76. The molecule has 1 aromatic heterocycles. The number of benzene rings is 2. The van der Waals surface area contributed by atoms with Crippen LogP contribution in [0.3, 0.4) is 0 Å². The number of aryl methyl sites for hydroxylation is 1. The van der Waals surface area contributed by atoms with Crippen molar-refractivity contribution < 1.29 is 18.7 Å². The van der Waals surface area contributed by atoms with Crippen molar-refractivity contribution in [1.82, 2.24) is 14.8 Å². The number of ether oxygens (including phenoxy) is 2. The van der Waals surface area contributed by atoms with E-state index in [0.717, 1.165) is 43.9 Å². The Morgan fingerprint density at radius 3 is 2.85 bits per heavy atom. The number of amides is 1. The normalized spacial score (nSPS) is 14.6. The van der Waals surface area contributed by atoms with Crippen molar-refractivity contribution in [3.05, 3.63) is 64.6 Å². The van der Waals surface area contributed by atoms with E-state index in [4.69, 9.17) is 13.9 Å².